The molecule has 1 aliphatic carbocycles. The molecular weight excluding hydrogens is 442 g/mol. The number of carbonyl (C=O) groups is 1. The molecule has 172 valence electrons. The lowest BCUT2D eigenvalue weighted by Gasteiger charge is -2.26. The summed E-state index contributed by atoms with van der Waals surface area (Å²) in [5.74, 6) is 1.02. The zero-order valence-corrected chi connectivity index (χ0v) is 20.0. The van der Waals surface area contributed by atoms with Gasteiger partial charge in [-0.15, -0.1) is 10.2 Å². The molecule has 0 spiro atoms. The van der Waals surface area contributed by atoms with Crippen molar-refractivity contribution in [3.8, 4) is 17.1 Å². The summed E-state index contributed by atoms with van der Waals surface area (Å²) in [6.45, 7) is 2.14. The van der Waals surface area contributed by atoms with Gasteiger partial charge in [0.25, 0.3) is 0 Å². The first kappa shape index (κ1) is 22.3. The highest BCUT2D eigenvalue weighted by atomic mass is 32.2. The first-order valence-electron chi connectivity index (χ1n) is 11.7. The Kier molecular flexibility index (Phi) is 6.72. The van der Waals surface area contributed by atoms with Crippen LogP contribution in [-0.2, 0) is 17.6 Å². The van der Waals surface area contributed by atoms with E-state index in [9.17, 15) is 4.79 Å². The lowest BCUT2D eigenvalue weighted by Crippen LogP contribution is -2.32. The van der Waals surface area contributed by atoms with Crippen molar-refractivity contribution in [1.29, 1.82) is 0 Å². The summed E-state index contributed by atoms with van der Waals surface area (Å²) in [5.41, 5.74) is 5.74. The number of hydrogen-bond donors (Lipinski definition) is 1. The predicted octanol–water partition coefficient (Wildman–Crippen LogP) is 5.18. The van der Waals surface area contributed by atoms with Crippen molar-refractivity contribution in [2.45, 2.75) is 43.8 Å². The third-order valence-corrected chi connectivity index (χ3v) is 7.14. The lowest BCUT2D eigenvalue weighted by molar-refractivity contribution is -0.119. The van der Waals surface area contributed by atoms with Crippen molar-refractivity contribution in [3.05, 3.63) is 89.7 Å². The number of nitrogens with one attached hydrogen (secondary N) is 1. The van der Waals surface area contributed by atoms with E-state index in [1.807, 2.05) is 22.8 Å². The molecule has 4 aromatic rings. The molecule has 0 saturated heterocycles. The maximum atomic E-state index is 12.9. The Hall–Kier alpha value is -3.45. The van der Waals surface area contributed by atoms with Gasteiger partial charge < -0.3 is 5.32 Å². The van der Waals surface area contributed by atoms with E-state index in [4.69, 9.17) is 0 Å². The van der Waals surface area contributed by atoms with Crippen molar-refractivity contribution in [2.24, 2.45) is 0 Å². The van der Waals surface area contributed by atoms with Crippen LogP contribution in [0.2, 0.25) is 0 Å². The summed E-state index contributed by atoms with van der Waals surface area (Å²) >= 11 is 1.41. The third kappa shape index (κ3) is 4.75. The summed E-state index contributed by atoms with van der Waals surface area (Å²) in [6.07, 6.45) is 7.61. The molecule has 5 rings (SSSR count). The van der Waals surface area contributed by atoms with Crippen LogP contribution in [-0.4, -0.2) is 31.4 Å². The van der Waals surface area contributed by atoms with Crippen LogP contribution >= 0.6 is 11.8 Å². The van der Waals surface area contributed by atoms with Gasteiger partial charge in [-0.1, -0.05) is 55.1 Å². The van der Waals surface area contributed by atoms with Crippen LogP contribution < -0.4 is 5.32 Å². The van der Waals surface area contributed by atoms with Gasteiger partial charge in [-0.25, -0.2) is 0 Å². The summed E-state index contributed by atoms with van der Waals surface area (Å²) in [5, 5.41) is 12.8. The number of fused-ring (bicyclic) bond motifs is 1. The van der Waals surface area contributed by atoms with Gasteiger partial charge in [0.2, 0.25) is 5.91 Å². The average molecular weight is 470 g/mol. The number of amides is 1. The number of aromatic nitrogens is 4. The molecule has 1 atom stereocenters. The number of pyridine rings is 1. The molecule has 1 unspecified atom stereocenters. The Balaban J connectivity index is 1.36. The molecule has 0 bridgehead atoms. The van der Waals surface area contributed by atoms with E-state index in [1.54, 1.807) is 12.4 Å². The quantitative estimate of drug-likeness (QED) is 0.378. The molecule has 0 fully saturated rings. The molecule has 6 nitrogen and oxygen atoms in total. The fraction of sp³-hybridized carbons (Fsp3) is 0.259. The monoisotopic (exact) mass is 469 g/mol. The van der Waals surface area contributed by atoms with Gasteiger partial charge in [0.1, 0.15) is 0 Å². The molecule has 0 radical (unpaired) electrons. The van der Waals surface area contributed by atoms with E-state index in [-0.39, 0.29) is 17.7 Å². The molecular formula is C27H27N5OS. The van der Waals surface area contributed by atoms with E-state index in [1.165, 1.54) is 28.5 Å². The highest BCUT2D eigenvalue weighted by Crippen LogP contribution is 2.31. The minimum atomic E-state index is 0.00745. The molecule has 1 N–H and O–H groups in total. The van der Waals surface area contributed by atoms with Crippen LogP contribution in [0.25, 0.3) is 17.1 Å². The van der Waals surface area contributed by atoms with Crippen molar-refractivity contribution >= 4 is 17.7 Å². The van der Waals surface area contributed by atoms with E-state index in [2.05, 4.69) is 69.9 Å². The molecule has 1 amide bonds. The standard InChI is InChI=1S/C27H27N5OS/c1-2-19-10-12-22(13-11-19)32-26(21-14-16-28-17-15-21)30-31-27(32)34-18-25(33)29-24-9-5-7-20-6-3-4-8-23(20)24/h3-4,6,8,10-17,24H,2,5,7,9,18H2,1H3,(H,29,33). The minimum Gasteiger partial charge on any atom is -0.349 e. The number of benzene rings is 2. The Morgan fingerprint density at radius 2 is 1.85 bits per heavy atom. The Bertz CT molecular complexity index is 1270. The maximum Gasteiger partial charge on any atom is 0.230 e. The second kappa shape index (κ2) is 10.2. The molecule has 0 saturated carbocycles. The summed E-state index contributed by atoms with van der Waals surface area (Å²) in [4.78, 5) is 17.0. The number of carbonyl (C=O) groups excluding carboxylic acids is 1. The van der Waals surface area contributed by atoms with Gasteiger partial charge >= 0.3 is 0 Å². The zero-order valence-electron chi connectivity index (χ0n) is 19.1. The highest BCUT2D eigenvalue weighted by Gasteiger charge is 2.22. The Morgan fingerprint density at radius 3 is 2.65 bits per heavy atom. The van der Waals surface area contributed by atoms with E-state index in [0.29, 0.717) is 5.16 Å². The third-order valence-electron chi connectivity index (χ3n) is 6.21. The fourth-order valence-corrected chi connectivity index (χ4v) is 5.20. The maximum absolute atomic E-state index is 12.9. The van der Waals surface area contributed by atoms with Crippen LogP contribution in [0, 0.1) is 0 Å². The van der Waals surface area contributed by atoms with Crippen molar-refractivity contribution in [3.63, 3.8) is 0 Å². The molecule has 2 heterocycles. The average Bonchev–Trinajstić information content (AvgIpc) is 3.32. The lowest BCUT2D eigenvalue weighted by atomic mass is 9.88. The number of nitrogens with zero attached hydrogens (tertiary/aromatic N) is 4. The van der Waals surface area contributed by atoms with Crippen LogP contribution in [0.15, 0.2) is 78.2 Å². The van der Waals surface area contributed by atoms with Crippen LogP contribution in [0.5, 0.6) is 0 Å². The van der Waals surface area contributed by atoms with Gasteiger partial charge in [0.05, 0.1) is 11.8 Å². The second-order valence-electron chi connectivity index (χ2n) is 8.40. The van der Waals surface area contributed by atoms with Crippen LogP contribution in [0.4, 0.5) is 0 Å². The first-order valence-corrected chi connectivity index (χ1v) is 12.7. The predicted molar refractivity (Wildman–Crippen MR) is 135 cm³/mol. The molecule has 2 aromatic heterocycles. The second-order valence-corrected chi connectivity index (χ2v) is 9.34. The number of thioether (sulfide) groups is 1. The summed E-state index contributed by atoms with van der Waals surface area (Å²) < 4.78 is 2.02. The molecule has 0 aliphatic heterocycles. The van der Waals surface area contributed by atoms with E-state index in [0.717, 1.165) is 42.8 Å². The van der Waals surface area contributed by atoms with Crippen molar-refractivity contribution in [2.75, 3.05) is 5.75 Å². The summed E-state index contributed by atoms with van der Waals surface area (Å²) in [7, 11) is 0. The minimum absolute atomic E-state index is 0.00745. The Morgan fingerprint density at radius 1 is 1.06 bits per heavy atom. The molecule has 34 heavy (non-hydrogen) atoms. The van der Waals surface area contributed by atoms with Gasteiger partial charge in [0.15, 0.2) is 11.0 Å². The van der Waals surface area contributed by atoms with Gasteiger partial charge in [-0.05, 0) is 66.6 Å². The largest absolute Gasteiger partial charge is 0.349 e. The molecule has 2 aromatic carbocycles. The first-order chi connectivity index (χ1) is 16.7. The SMILES string of the molecule is CCc1ccc(-n2c(SCC(=O)NC3CCCc4ccccc43)nnc2-c2ccncc2)cc1. The van der Waals surface area contributed by atoms with E-state index < -0.39 is 0 Å². The van der Waals surface area contributed by atoms with Gasteiger partial charge in [-0.3, -0.25) is 14.3 Å². The van der Waals surface area contributed by atoms with Gasteiger partial charge in [0, 0.05) is 23.6 Å². The Labute approximate surface area is 203 Å². The highest BCUT2D eigenvalue weighted by molar-refractivity contribution is 7.99. The van der Waals surface area contributed by atoms with Crippen molar-refractivity contribution in [1.82, 2.24) is 25.1 Å². The number of hydrogen-bond acceptors (Lipinski definition) is 5. The van der Waals surface area contributed by atoms with Gasteiger partial charge in [-0.2, -0.15) is 0 Å². The zero-order chi connectivity index (χ0) is 23.3. The van der Waals surface area contributed by atoms with Crippen molar-refractivity contribution < 1.29 is 4.79 Å². The molecule has 1 aliphatic rings. The molecule has 7 heteroatoms. The van der Waals surface area contributed by atoms with Crippen LogP contribution in [0.3, 0.4) is 0 Å². The normalized spacial score (nSPS) is 15.0. The fourth-order valence-electron chi connectivity index (χ4n) is 4.43. The summed E-state index contributed by atoms with van der Waals surface area (Å²) in [6, 6.07) is 20.7. The number of rotatable bonds is 7. The topological polar surface area (TPSA) is 72.7 Å². The number of aryl methyl sites for hydroxylation is 2. The van der Waals surface area contributed by atoms with E-state index >= 15 is 0 Å². The smallest absolute Gasteiger partial charge is 0.230 e. The van der Waals surface area contributed by atoms with Crippen LogP contribution in [0.1, 0.15) is 42.5 Å².